The van der Waals surface area contributed by atoms with Crippen LogP contribution in [-0.4, -0.2) is 41.4 Å². The molecule has 0 bridgehead atoms. The van der Waals surface area contributed by atoms with Gasteiger partial charge in [-0.15, -0.1) is 0 Å². The van der Waals surface area contributed by atoms with Crippen LogP contribution in [-0.2, 0) is 15.0 Å². The quantitative estimate of drug-likeness (QED) is 0.587. The molecule has 2 aromatic rings. The summed E-state index contributed by atoms with van der Waals surface area (Å²) >= 11 is 0. The predicted molar refractivity (Wildman–Crippen MR) is 125 cm³/mol. The minimum atomic E-state index is -3.04. The monoisotopic (exact) mass is 471 g/mol. The molecule has 0 spiro atoms. The van der Waals surface area contributed by atoms with Crippen molar-refractivity contribution in [2.75, 3.05) is 18.4 Å². The lowest BCUT2D eigenvalue weighted by molar-refractivity contribution is -0.145. The number of aryl methyl sites for hydroxylation is 1. The molecule has 1 aromatic heterocycles. The number of anilines is 1. The molecule has 0 radical (unpaired) electrons. The van der Waals surface area contributed by atoms with E-state index >= 15 is 0 Å². The molecule has 1 saturated carbocycles. The Kier molecular flexibility index (Phi) is 6.86. The first-order valence-corrected chi connectivity index (χ1v) is 11.8. The summed E-state index contributed by atoms with van der Waals surface area (Å²) in [5.41, 5.74) is 1.50. The summed E-state index contributed by atoms with van der Waals surface area (Å²) in [6.45, 7) is 3.25. The molecular weight excluding hydrogens is 440 g/mol. The Morgan fingerprint density at radius 3 is 2.56 bits per heavy atom. The molecule has 1 aromatic carbocycles. The minimum Gasteiger partial charge on any atom is -0.431 e. The number of nitrogens with one attached hydrogen (secondary N) is 1. The van der Waals surface area contributed by atoms with Crippen molar-refractivity contribution < 1.29 is 23.1 Å². The van der Waals surface area contributed by atoms with Gasteiger partial charge in [0.05, 0.1) is 0 Å². The number of amides is 2. The number of carbonyl (C=O) groups is 2. The first kappa shape index (κ1) is 24.1. The van der Waals surface area contributed by atoms with E-state index in [-0.39, 0.29) is 42.4 Å². The van der Waals surface area contributed by atoms with Gasteiger partial charge in [-0.3, -0.25) is 9.59 Å². The molecule has 34 heavy (non-hydrogen) atoms. The van der Waals surface area contributed by atoms with E-state index in [0.29, 0.717) is 17.9 Å². The third kappa shape index (κ3) is 4.76. The number of nitrogens with zero attached hydrogens (tertiary/aromatic N) is 2. The number of hydrogen-bond acceptors (Lipinski definition) is 4. The fourth-order valence-corrected chi connectivity index (χ4v) is 4.78. The smallest absolute Gasteiger partial charge is 0.387 e. The van der Waals surface area contributed by atoms with Crippen molar-refractivity contribution in [1.82, 2.24) is 9.88 Å². The second kappa shape index (κ2) is 9.68. The Balaban J connectivity index is 1.63. The molecule has 2 heterocycles. The lowest BCUT2D eigenvalue weighted by Gasteiger charge is -2.50. The summed E-state index contributed by atoms with van der Waals surface area (Å²) in [7, 11) is 0. The maximum atomic E-state index is 13.7. The number of hydrogen-bond donors (Lipinski definition) is 1. The van der Waals surface area contributed by atoms with Crippen molar-refractivity contribution in [3.05, 3.63) is 53.2 Å². The van der Waals surface area contributed by atoms with Gasteiger partial charge in [-0.1, -0.05) is 44.5 Å². The molecule has 1 aliphatic heterocycles. The summed E-state index contributed by atoms with van der Waals surface area (Å²) in [6, 6.07) is 9.13. The van der Waals surface area contributed by atoms with E-state index in [0.717, 1.165) is 24.0 Å². The Morgan fingerprint density at radius 1 is 1.24 bits per heavy atom. The zero-order valence-electron chi connectivity index (χ0n) is 19.8. The zero-order valence-corrected chi connectivity index (χ0v) is 19.8. The SMILES string of the molecule is Cc1cnc(NC(=O)C2(c3ccccc3C(C)C)CN(C(=O)CC3CCC3)C2)c(OC(F)F)c1. The Bertz CT molecular complexity index is 1060. The molecule has 8 heteroatoms. The van der Waals surface area contributed by atoms with Gasteiger partial charge in [-0.25, -0.2) is 4.98 Å². The first-order valence-electron chi connectivity index (χ1n) is 11.8. The third-order valence-corrected chi connectivity index (χ3v) is 6.93. The van der Waals surface area contributed by atoms with Crippen molar-refractivity contribution in [3.8, 4) is 5.75 Å². The molecule has 1 N–H and O–H groups in total. The highest BCUT2D eigenvalue weighted by Crippen LogP contribution is 2.41. The molecule has 6 nitrogen and oxygen atoms in total. The fourth-order valence-electron chi connectivity index (χ4n) is 4.78. The number of ether oxygens (including phenoxy) is 1. The fraction of sp³-hybridized carbons (Fsp3) is 0.500. The van der Waals surface area contributed by atoms with Gasteiger partial charge in [0.15, 0.2) is 11.6 Å². The third-order valence-electron chi connectivity index (χ3n) is 6.93. The van der Waals surface area contributed by atoms with Crippen LogP contribution >= 0.6 is 0 Å². The van der Waals surface area contributed by atoms with Crippen LogP contribution in [0.25, 0.3) is 0 Å². The van der Waals surface area contributed by atoms with E-state index in [1.165, 1.54) is 18.7 Å². The van der Waals surface area contributed by atoms with Crippen LogP contribution in [0.2, 0.25) is 0 Å². The number of benzene rings is 1. The molecule has 2 amide bonds. The van der Waals surface area contributed by atoms with E-state index in [1.807, 2.05) is 24.3 Å². The number of alkyl halides is 2. The summed E-state index contributed by atoms with van der Waals surface area (Å²) in [4.78, 5) is 32.4. The molecule has 0 unspecified atom stereocenters. The van der Waals surface area contributed by atoms with Crippen molar-refractivity contribution in [2.45, 2.75) is 64.4 Å². The largest absolute Gasteiger partial charge is 0.431 e. The number of carbonyl (C=O) groups excluding carboxylic acids is 2. The number of halogens is 2. The molecule has 1 saturated heterocycles. The van der Waals surface area contributed by atoms with E-state index in [9.17, 15) is 18.4 Å². The topological polar surface area (TPSA) is 71.5 Å². The molecule has 2 aliphatic rings. The number of rotatable bonds is 8. The standard InChI is InChI=1S/C26H31F2N3O3/c1-16(2)19-9-4-5-10-20(19)26(14-31(15-26)22(32)12-18-7-6-8-18)24(33)30-23-21(34-25(27)28)11-17(3)13-29-23/h4-5,9-11,13,16,18,25H,6-8,12,14-15H2,1-3H3,(H,29,30,33). The lowest BCUT2D eigenvalue weighted by atomic mass is 9.69. The Labute approximate surface area is 198 Å². The average molecular weight is 472 g/mol. The lowest BCUT2D eigenvalue weighted by Crippen LogP contribution is -2.66. The van der Waals surface area contributed by atoms with E-state index in [4.69, 9.17) is 0 Å². The molecular formula is C26H31F2N3O3. The predicted octanol–water partition coefficient (Wildman–Crippen LogP) is 5.02. The van der Waals surface area contributed by atoms with Crippen LogP contribution in [0, 0.1) is 12.8 Å². The van der Waals surface area contributed by atoms with Gasteiger partial charge in [0.25, 0.3) is 0 Å². The van der Waals surface area contributed by atoms with Crippen LogP contribution < -0.4 is 10.1 Å². The maximum Gasteiger partial charge on any atom is 0.387 e. The second-order valence-corrected chi connectivity index (χ2v) is 9.77. The summed E-state index contributed by atoms with van der Waals surface area (Å²) in [5.74, 6) is 0.0273. The van der Waals surface area contributed by atoms with Gasteiger partial charge in [0.2, 0.25) is 11.8 Å². The Hall–Kier alpha value is -3.03. The van der Waals surface area contributed by atoms with Crippen molar-refractivity contribution >= 4 is 17.6 Å². The van der Waals surface area contributed by atoms with Gasteiger partial charge < -0.3 is 15.0 Å². The molecule has 182 valence electrons. The van der Waals surface area contributed by atoms with Gasteiger partial charge in [0, 0.05) is 25.7 Å². The van der Waals surface area contributed by atoms with Crippen molar-refractivity contribution in [1.29, 1.82) is 0 Å². The van der Waals surface area contributed by atoms with Gasteiger partial charge >= 0.3 is 6.61 Å². The minimum absolute atomic E-state index is 0.0588. The van der Waals surface area contributed by atoms with E-state index in [1.54, 1.807) is 11.8 Å². The highest BCUT2D eigenvalue weighted by atomic mass is 19.3. The Morgan fingerprint density at radius 2 is 1.94 bits per heavy atom. The van der Waals surface area contributed by atoms with Crippen LogP contribution in [0.4, 0.5) is 14.6 Å². The van der Waals surface area contributed by atoms with E-state index in [2.05, 4.69) is 28.9 Å². The highest BCUT2D eigenvalue weighted by molar-refractivity contribution is 6.02. The molecule has 2 fully saturated rings. The first-order chi connectivity index (χ1) is 16.2. The summed E-state index contributed by atoms with van der Waals surface area (Å²) in [6.07, 6.45) is 5.31. The molecule has 1 aliphatic carbocycles. The normalized spacial score (nSPS) is 17.3. The van der Waals surface area contributed by atoms with Crippen molar-refractivity contribution in [2.24, 2.45) is 5.92 Å². The van der Waals surface area contributed by atoms with Crippen LogP contribution in [0.15, 0.2) is 36.5 Å². The van der Waals surface area contributed by atoms with Crippen LogP contribution in [0.5, 0.6) is 5.75 Å². The van der Waals surface area contributed by atoms with E-state index < -0.39 is 12.0 Å². The molecule has 0 atom stereocenters. The second-order valence-electron chi connectivity index (χ2n) is 9.77. The summed E-state index contributed by atoms with van der Waals surface area (Å²) in [5, 5.41) is 2.73. The van der Waals surface area contributed by atoms with Gasteiger partial charge in [-0.2, -0.15) is 8.78 Å². The maximum absolute atomic E-state index is 13.7. The zero-order chi connectivity index (χ0) is 24.5. The van der Waals surface area contributed by atoms with Gasteiger partial charge in [0.1, 0.15) is 5.41 Å². The van der Waals surface area contributed by atoms with Crippen LogP contribution in [0.3, 0.4) is 0 Å². The summed E-state index contributed by atoms with van der Waals surface area (Å²) < 4.78 is 30.5. The van der Waals surface area contributed by atoms with Crippen molar-refractivity contribution in [3.63, 3.8) is 0 Å². The molecule has 4 rings (SSSR count). The number of likely N-dealkylation sites (tertiary alicyclic amines) is 1. The van der Waals surface area contributed by atoms with Crippen LogP contribution in [0.1, 0.15) is 62.1 Å². The van der Waals surface area contributed by atoms with Gasteiger partial charge in [-0.05, 0) is 54.4 Å². The average Bonchev–Trinajstić information content (AvgIpc) is 2.72. The number of aromatic nitrogens is 1. The number of pyridine rings is 1. The highest BCUT2D eigenvalue weighted by Gasteiger charge is 2.53.